The van der Waals surface area contributed by atoms with Crippen LogP contribution in [0.15, 0.2) is 24.3 Å². The summed E-state index contributed by atoms with van der Waals surface area (Å²) in [6.45, 7) is 3.49. The predicted octanol–water partition coefficient (Wildman–Crippen LogP) is 2.85. The summed E-state index contributed by atoms with van der Waals surface area (Å²) in [6.07, 6.45) is 6.86. The van der Waals surface area contributed by atoms with E-state index in [1.54, 1.807) is 18.2 Å². The molecule has 1 aromatic carbocycles. The van der Waals surface area contributed by atoms with Crippen molar-refractivity contribution in [2.24, 2.45) is 0 Å². The second kappa shape index (κ2) is 7.23. The zero-order chi connectivity index (χ0) is 15.4. The second-order valence-electron chi connectivity index (χ2n) is 6.48. The van der Waals surface area contributed by atoms with Crippen molar-refractivity contribution in [3.63, 3.8) is 0 Å². The molecule has 4 heteroatoms. The van der Waals surface area contributed by atoms with Crippen LogP contribution in [-0.4, -0.2) is 47.9 Å². The fraction of sp³-hybridized carbons (Fsp3) is 0.611. The van der Waals surface area contributed by atoms with Crippen LogP contribution in [-0.2, 0) is 11.2 Å². The molecule has 22 heavy (non-hydrogen) atoms. The Morgan fingerprint density at radius 3 is 2.41 bits per heavy atom. The zero-order valence-corrected chi connectivity index (χ0v) is 13.1. The van der Waals surface area contributed by atoms with Crippen molar-refractivity contribution in [1.82, 2.24) is 9.80 Å². The number of carbonyl (C=O) groups excluding carboxylic acids is 1. The molecule has 0 unspecified atom stereocenters. The second-order valence-corrected chi connectivity index (χ2v) is 6.48. The normalized spacial score (nSPS) is 21.0. The Morgan fingerprint density at radius 1 is 1.05 bits per heavy atom. The molecule has 1 aromatic rings. The van der Waals surface area contributed by atoms with E-state index in [0.29, 0.717) is 5.56 Å². The summed E-state index contributed by atoms with van der Waals surface area (Å²) < 4.78 is 13.6. The van der Waals surface area contributed by atoms with Crippen LogP contribution in [0, 0.1) is 5.82 Å². The van der Waals surface area contributed by atoms with E-state index >= 15 is 0 Å². The minimum absolute atomic E-state index is 0.0494. The molecule has 0 atom stereocenters. The topological polar surface area (TPSA) is 23.6 Å². The third-order valence-electron chi connectivity index (χ3n) is 5.06. The van der Waals surface area contributed by atoms with Gasteiger partial charge in [-0.05, 0) is 24.5 Å². The van der Waals surface area contributed by atoms with Gasteiger partial charge in [-0.3, -0.25) is 9.69 Å². The van der Waals surface area contributed by atoms with Gasteiger partial charge in [0.1, 0.15) is 5.82 Å². The van der Waals surface area contributed by atoms with Crippen molar-refractivity contribution in [3.8, 4) is 0 Å². The van der Waals surface area contributed by atoms with E-state index in [-0.39, 0.29) is 18.1 Å². The molecule has 1 saturated heterocycles. The fourth-order valence-corrected chi connectivity index (χ4v) is 3.70. The highest BCUT2D eigenvalue weighted by atomic mass is 19.1. The maximum atomic E-state index is 13.6. The molecule has 1 aliphatic heterocycles. The number of halogens is 1. The molecular weight excluding hydrogens is 279 g/mol. The number of carbonyl (C=O) groups is 1. The number of nitrogens with zero attached hydrogens (tertiary/aromatic N) is 2. The van der Waals surface area contributed by atoms with Crippen molar-refractivity contribution in [2.75, 3.05) is 26.2 Å². The highest BCUT2D eigenvalue weighted by Gasteiger charge is 2.27. The van der Waals surface area contributed by atoms with E-state index in [4.69, 9.17) is 0 Å². The molecule has 3 rings (SSSR count). The summed E-state index contributed by atoms with van der Waals surface area (Å²) in [4.78, 5) is 16.8. The predicted molar refractivity (Wildman–Crippen MR) is 85.1 cm³/mol. The van der Waals surface area contributed by atoms with Gasteiger partial charge in [-0.2, -0.15) is 0 Å². The van der Waals surface area contributed by atoms with E-state index in [1.165, 1.54) is 38.2 Å². The van der Waals surface area contributed by atoms with Gasteiger partial charge in [0, 0.05) is 32.2 Å². The lowest BCUT2D eigenvalue weighted by atomic mass is 9.94. The Kier molecular flexibility index (Phi) is 5.08. The molecule has 0 aromatic heterocycles. The molecule has 0 spiro atoms. The Labute approximate surface area is 132 Å². The van der Waals surface area contributed by atoms with Gasteiger partial charge < -0.3 is 4.90 Å². The van der Waals surface area contributed by atoms with E-state index in [2.05, 4.69) is 4.90 Å². The number of hydrogen-bond donors (Lipinski definition) is 0. The lowest BCUT2D eigenvalue weighted by Gasteiger charge is -2.40. The molecule has 0 N–H and O–H groups in total. The lowest BCUT2D eigenvalue weighted by Crippen LogP contribution is -2.52. The zero-order valence-electron chi connectivity index (χ0n) is 13.1. The average Bonchev–Trinajstić information content (AvgIpc) is 2.58. The fourth-order valence-electron chi connectivity index (χ4n) is 3.70. The van der Waals surface area contributed by atoms with Gasteiger partial charge in [-0.25, -0.2) is 4.39 Å². The third kappa shape index (κ3) is 3.67. The molecule has 0 radical (unpaired) electrons. The maximum absolute atomic E-state index is 13.6. The number of amides is 1. The summed E-state index contributed by atoms with van der Waals surface area (Å²) in [6, 6.07) is 7.28. The van der Waals surface area contributed by atoms with Gasteiger partial charge in [0.25, 0.3) is 0 Å². The van der Waals surface area contributed by atoms with E-state index in [0.717, 1.165) is 32.2 Å². The van der Waals surface area contributed by atoms with Crippen LogP contribution in [0.3, 0.4) is 0 Å². The first-order chi connectivity index (χ1) is 10.7. The van der Waals surface area contributed by atoms with Gasteiger partial charge >= 0.3 is 0 Å². The van der Waals surface area contributed by atoms with Crippen molar-refractivity contribution >= 4 is 5.91 Å². The van der Waals surface area contributed by atoms with Crippen molar-refractivity contribution in [1.29, 1.82) is 0 Å². The van der Waals surface area contributed by atoms with E-state index < -0.39 is 0 Å². The van der Waals surface area contributed by atoms with E-state index in [9.17, 15) is 9.18 Å². The minimum atomic E-state index is -0.281. The summed E-state index contributed by atoms with van der Waals surface area (Å²) in [5, 5.41) is 0. The minimum Gasteiger partial charge on any atom is -0.340 e. The van der Waals surface area contributed by atoms with Gasteiger partial charge in [0.15, 0.2) is 0 Å². The average molecular weight is 304 g/mol. The van der Waals surface area contributed by atoms with Gasteiger partial charge in [0.2, 0.25) is 5.91 Å². The maximum Gasteiger partial charge on any atom is 0.227 e. The molecule has 2 aliphatic rings. The van der Waals surface area contributed by atoms with Crippen molar-refractivity contribution in [3.05, 3.63) is 35.6 Å². The number of piperazine rings is 1. The van der Waals surface area contributed by atoms with Crippen LogP contribution in [0.4, 0.5) is 4.39 Å². The summed E-state index contributed by atoms with van der Waals surface area (Å²) >= 11 is 0. The molecular formula is C18H25FN2O. The molecule has 1 amide bonds. The first-order valence-corrected chi connectivity index (χ1v) is 8.49. The van der Waals surface area contributed by atoms with Gasteiger partial charge in [0.05, 0.1) is 6.42 Å². The van der Waals surface area contributed by atoms with Crippen LogP contribution in [0.5, 0.6) is 0 Å². The smallest absolute Gasteiger partial charge is 0.227 e. The largest absolute Gasteiger partial charge is 0.340 e. The molecule has 1 aliphatic carbocycles. The Balaban J connectivity index is 1.50. The third-order valence-corrected chi connectivity index (χ3v) is 5.06. The SMILES string of the molecule is O=C(Cc1ccccc1F)N1CCN(C2CCCCC2)CC1. The van der Waals surface area contributed by atoms with Crippen LogP contribution in [0.2, 0.25) is 0 Å². The van der Waals surface area contributed by atoms with Crippen LogP contribution in [0.1, 0.15) is 37.7 Å². The number of benzene rings is 1. The van der Waals surface area contributed by atoms with Gasteiger partial charge in [-0.1, -0.05) is 37.5 Å². The Hall–Kier alpha value is -1.42. The number of rotatable bonds is 3. The standard InChI is InChI=1S/C18H25FN2O/c19-17-9-5-4-6-15(17)14-18(22)21-12-10-20(11-13-21)16-7-2-1-3-8-16/h4-6,9,16H,1-3,7-8,10-14H2. The Morgan fingerprint density at radius 2 is 1.73 bits per heavy atom. The van der Waals surface area contributed by atoms with Crippen molar-refractivity contribution in [2.45, 2.75) is 44.6 Å². The molecule has 1 saturated carbocycles. The van der Waals surface area contributed by atoms with E-state index in [1.807, 2.05) is 4.90 Å². The molecule has 120 valence electrons. The number of hydrogen-bond acceptors (Lipinski definition) is 2. The van der Waals surface area contributed by atoms with Crippen molar-refractivity contribution < 1.29 is 9.18 Å². The Bertz CT molecular complexity index is 506. The van der Waals surface area contributed by atoms with Crippen LogP contribution >= 0.6 is 0 Å². The molecule has 0 bridgehead atoms. The molecule has 1 heterocycles. The molecule has 2 fully saturated rings. The summed E-state index contributed by atoms with van der Waals surface area (Å²) in [5.41, 5.74) is 0.502. The quantitative estimate of drug-likeness (QED) is 0.857. The highest BCUT2D eigenvalue weighted by Crippen LogP contribution is 2.23. The summed E-state index contributed by atoms with van der Waals surface area (Å²) in [5.74, 6) is -0.231. The van der Waals surface area contributed by atoms with Crippen LogP contribution in [0.25, 0.3) is 0 Å². The first kappa shape index (κ1) is 15.5. The van der Waals surface area contributed by atoms with Crippen LogP contribution < -0.4 is 0 Å². The molecule has 3 nitrogen and oxygen atoms in total. The highest BCUT2D eigenvalue weighted by molar-refractivity contribution is 5.79. The monoisotopic (exact) mass is 304 g/mol. The van der Waals surface area contributed by atoms with Gasteiger partial charge in [-0.15, -0.1) is 0 Å². The lowest BCUT2D eigenvalue weighted by molar-refractivity contribution is -0.132. The summed E-state index contributed by atoms with van der Waals surface area (Å²) in [7, 11) is 0. The first-order valence-electron chi connectivity index (χ1n) is 8.49.